The van der Waals surface area contributed by atoms with Crippen LogP contribution in [0.1, 0.15) is 36.9 Å². The summed E-state index contributed by atoms with van der Waals surface area (Å²) in [7, 11) is 1.74. The van der Waals surface area contributed by atoms with Crippen molar-refractivity contribution in [3.05, 3.63) is 34.3 Å². The standard InChI is InChI=1S/C14H22ClNO/c1-4-16-14(6-5-9-17-3)12-8-7-11(2)13(15)10-12/h7-8,10,14,16H,4-6,9H2,1-3H3. The summed E-state index contributed by atoms with van der Waals surface area (Å²) >= 11 is 6.17. The SMILES string of the molecule is CCNC(CCCOC)c1ccc(C)c(Cl)c1. The van der Waals surface area contributed by atoms with Crippen LogP contribution in [0, 0.1) is 6.92 Å². The first-order chi connectivity index (χ1) is 8.19. The molecule has 0 saturated carbocycles. The smallest absolute Gasteiger partial charge is 0.0462 e. The van der Waals surface area contributed by atoms with Crippen LogP contribution >= 0.6 is 11.6 Å². The molecule has 1 N–H and O–H groups in total. The number of methoxy groups -OCH3 is 1. The number of hydrogen-bond acceptors (Lipinski definition) is 2. The summed E-state index contributed by atoms with van der Waals surface area (Å²) < 4.78 is 5.10. The second kappa shape index (κ2) is 7.70. The second-order valence-electron chi connectivity index (χ2n) is 4.25. The van der Waals surface area contributed by atoms with Crippen LogP contribution in [0.4, 0.5) is 0 Å². The van der Waals surface area contributed by atoms with E-state index in [9.17, 15) is 0 Å². The molecule has 0 bridgehead atoms. The minimum Gasteiger partial charge on any atom is -0.385 e. The van der Waals surface area contributed by atoms with Crippen molar-refractivity contribution in [1.82, 2.24) is 5.32 Å². The van der Waals surface area contributed by atoms with E-state index in [2.05, 4.69) is 30.4 Å². The highest BCUT2D eigenvalue weighted by Crippen LogP contribution is 2.24. The summed E-state index contributed by atoms with van der Waals surface area (Å²) in [5, 5.41) is 4.33. The van der Waals surface area contributed by atoms with Crippen molar-refractivity contribution in [3.8, 4) is 0 Å². The average molecular weight is 256 g/mol. The first kappa shape index (κ1) is 14.5. The van der Waals surface area contributed by atoms with Crippen molar-refractivity contribution in [2.45, 2.75) is 32.7 Å². The van der Waals surface area contributed by atoms with E-state index in [0.717, 1.165) is 36.6 Å². The minimum absolute atomic E-state index is 0.369. The Morgan fingerprint density at radius 2 is 2.18 bits per heavy atom. The van der Waals surface area contributed by atoms with E-state index in [-0.39, 0.29) is 0 Å². The summed E-state index contributed by atoms with van der Waals surface area (Å²) in [4.78, 5) is 0. The van der Waals surface area contributed by atoms with Gasteiger partial charge in [0.25, 0.3) is 0 Å². The van der Waals surface area contributed by atoms with E-state index < -0.39 is 0 Å². The fourth-order valence-electron chi connectivity index (χ4n) is 1.89. The van der Waals surface area contributed by atoms with E-state index in [4.69, 9.17) is 16.3 Å². The zero-order valence-electron chi connectivity index (χ0n) is 10.9. The van der Waals surface area contributed by atoms with Crippen LogP contribution < -0.4 is 5.32 Å². The Bertz CT molecular complexity index is 341. The molecular formula is C14H22ClNO. The summed E-state index contributed by atoms with van der Waals surface area (Å²) in [6.45, 7) is 5.92. The molecule has 1 unspecified atom stereocenters. The first-order valence-electron chi connectivity index (χ1n) is 6.17. The van der Waals surface area contributed by atoms with Gasteiger partial charge in [0.05, 0.1) is 0 Å². The maximum Gasteiger partial charge on any atom is 0.0462 e. The van der Waals surface area contributed by atoms with Gasteiger partial charge in [0, 0.05) is 24.8 Å². The molecule has 3 heteroatoms. The monoisotopic (exact) mass is 255 g/mol. The predicted molar refractivity (Wildman–Crippen MR) is 73.7 cm³/mol. The fourth-order valence-corrected chi connectivity index (χ4v) is 2.08. The molecule has 1 rings (SSSR count). The van der Waals surface area contributed by atoms with Crippen molar-refractivity contribution in [2.75, 3.05) is 20.3 Å². The number of benzene rings is 1. The highest BCUT2D eigenvalue weighted by Gasteiger charge is 2.10. The molecular weight excluding hydrogens is 234 g/mol. The highest BCUT2D eigenvalue weighted by atomic mass is 35.5. The lowest BCUT2D eigenvalue weighted by molar-refractivity contribution is 0.189. The molecule has 2 nitrogen and oxygen atoms in total. The largest absolute Gasteiger partial charge is 0.385 e. The normalized spacial score (nSPS) is 12.7. The Morgan fingerprint density at radius 1 is 1.41 bits per heavy atom. The van der Waals surface area contributed by atoms with Gasteiger partial charge >= 0.3 is 0 Å². The topological polar surface area (TPSA) is 21.3 Å². The molecule has 0 heterocycles. The Balaban J connectivity index is 2.70. The van der Waals surface area contributed by atoms with E-state index in [1.165, 1.54) is 5.56 Å². The maximum atomic E-state index is 6.17. The Hall–Kier alpha value is -0.570. The van der Waals surface area contributed by atoms with Gasteiger partial charge in [0.2, 0.25) is 0 Å². The zero-order chi connectivity index (χ0) is 12.7. The summed E-state index contributed by atoms with van der Waals surface area (Å²) in [6.07, 6.45) is 2.13. The number of rotatable bonds is 7. The van der Waals surface area contributed by atoms with Gasteiger partial charge in [-0.3, -0.25) is 0 Å². The molecule has 0 fully saturated rings. The summed E-state index contributed by atoms with van der Waals surface area (Å²) in [5.41, 5.74) is 2.39. The fraction of sp³-hybridized carbons (Fsp3) is 0.571. The van der Waals surface area contributed by atoms with Gasteiger partial charge in [0.1, 0.15) is 0 Å². The lowest BCUT2D eigenvalue weighted by Crippen LogP contribution is -2.21. The van der Waals surface area contributed by atoms with Gasteiger partial charge in [-0.1, -0.05) is 30.7 Å². The van der Waals surface area contributed by atoms with Gasteiger partial charge in [0.15, 0.2) is 0 Å². The van der Waals surface area contributed by atoms with Crippen molar-refractivity contribution in [2.24, 2.45) is 0 Å². The van der Waals surface area contributed by atoms with E-state index in [1.54, 1.807) is 7.11 Å². The van der Waals surface area contributed by atoms with Crippen LogP contribution in [0.2, 0.25) is 5.02 Å². The van der Waals surface area contributed by atoms with E-state index in [1.807, 2.05) is 6.92 Å². The molecule has 96 valence electrons. The van der Waals surface area contributed by atoms with Gasteiger partial charge in [-0.2, -0.15) is 0 Å². The van der Waals surface area contributed by atoms with E-state index >= 15 is 0 Å². The Kier molecular flexibility index (Phi) is 6.56. The molecule has 0 radical (unpaired) electrons. The van der Waals surface area contributed by atoms with Gasteiger partial charge in [-0.05, 0) is 43.5 Å². The zero-order valence-corrected chi connectivity index (χ0v) is 11.7. The minimum atomic E-state index is 0.369. The van der Waals surface area contributed by atoms with Crippen LogP contribution in [0.25, 0.3) is 0 Å². The van der Waals surface area contributed by atoms with Crippen molar-refractivity contribution < 1.29 is 4.74 Å². The third kappa shape index (κ3) is 4.66. The molecule has 0 aliphatic carbocycles. The Labute approximate surface area is 109 Å². The molecule has 1 aromatic rings. The van der Waals surface area contributed by atoms with Crippen molar-refractivity contribution in [3.63, 3.8) is 0 Å². The third-order valence-corrected chi connectivity index (χ3v) is 3.30. The molecule has 0 amide bonds. The molecule has 0 aliphatic heterocycles. The maximum absolute atomic E-state index is 6.17. The third-order valence-electron chi connectivity index (χ3n) is 2.89. The predicted octanol–water partition coefficient (Wildman–Crippen LogP) is 3.73. The van der Waals surface area contributed by atoms with Crippen LogP contribution in [0.15, 0.2) is 18.2 Å². The lowest BCUT2D eigenvalue weighted by atomic mass is 10.0. The highest BCUT2D eigenvalue weighted by molar-refractivity contribution is 6.31. The number of halogens is 1. The lowest BCUT2D eigenvalue weighted by Gasteiger charge is -2.19. The molecule has 0 aromatic heterocycles. The first-order valence-corrected chi connectivity index (χ1v) is 6.55. The summed E-state index contributed by atoms with van der Waals surface area (Å²) in [5.74, 6) is 0. The molecule has 1 atom stereocenters. The average Bonchev–Trinajstić information content (AvgIpc) is 2.32. The van der Waals surface area contributed by atoms with Gasteiger partial charge in [-0.25, -0.2) is 0 Å². The number of aryl methyl sites for hydroxylation is 1. The van der Waals surface area contributed by atoms with Crippen LogP contribution in [-0.2, 0) is 4.74 Å². The number of hydrogen-bond donors (Lipinski definition) is 1. The van der Waals surface area contributed by atoms with Crippen LogP contribution in [-0.4, -0.2) is 20.3 Å². The molecule has 0 spiro atoms. The van der Waals surface area contributed by atoms with Crippen molar-refractivity contribution >= 4 is 11.6 Å². The van der Waals surface area contributed by atoms with Crippen LogP contribution in [0.3, 0.4) is 0 Å². The van der Waals surface area contributed by atoms with Crippen molar-refractivity contribution in [1.29, 1.82) is 0 Å². The number of ether oxygens (including phenoxy) is 1. The molecule has 0 aliphatic rings. The van der Waals surface area contributed by atoms with Gasteiger partial charge in [-0.15, -0.1) is 0 Å². The molecule has 0 saturated heterocycles. The quantitative estimate of drug-likeness (QED) is 0.750. The summed E-state index contributed by atoms with van der Waals surface area (Å²) in [6, 6.07) is 6.67. The van der Waals surface area contributed by atoms with Gasteiger partial charge < -0.3 is 10.1 Å². The number of nitrogens with one attached hydrogen (secondary N) is 1. The molecule has 1 aromatic carbocycles. The molecule has 17 heavy (non-hydrogen) atoms. The van der Waals surface area contributed by atoms with Crippen LogP contribution in [0.5, 0.6) is 0 Å². The Morgan fingerprint density at radius 3 is 2.76 bits per heavy atom. The van der Waals surface area contributed by atoms with E-state index in [0.29, 0.717) is 6.04 Å². The second-order valence-corrected chi connectivity index (χ2v) is 4.66.